The number of fused-ring (bicyclic) bond motifs is 3. The molecule has 3 aliphatic rings. The molecule has 1 heteroatoms. The summed E-state index contributed by atoms with van der Waals surface area (Å²) in [5.74, 6) is 4.64. The second-order valence-electron chi connectivity index (χ2n) is 6.49. The number of aliphatic hydroxyl groups is 1. The molecule has 0 aliphatic heterocycles. The predicted octanol–water partition coefficient (Wildman–Crippen LogP) is 3.61. The third-order valence-electron chi connectivity index (χ3n) is 5.89. The molecule has 3 rings (SSSR count). The van der Waals surface area contributed by atoms with Crippen molar-refractivity contribution >= 4 is 0 Å². The second kappa shape index (κ2) is 4.68. The van der Waals surface area contributed by atoms with E-state index in [0.29, 0.717) is 12.5 Å². The minimum Gasteiger partial charge on any atom is -0.396 e. The van der Waals surface area contributed by atoms with Crippen LogP contribution < -0.4 is 0 Å². The van der Waals surface area contributed by atoms with Gasteiger partial charge in [-0.2, -0.15) is 0 Å². The molecule has 3 aliphatic carbocycles. The molecule has 0 aromatic rings. The van der Waals surface area contributed by atoms with Crippen molar-refractivity contribution < 1.29 is 5.11 Å². The van der Waals surface area contributed by atoms with Crippen LogP contribution in [0.4, 0.5) is 0 Å². The summed E-state index contributed by atoms with van der Waals surface area (Å²) >= 11 is 0. The maximum Gasteiger partial charge on any atom is 0.0462 e. The van der Waals surface area contributed by atoms with Gasteiger partial charge in [-0.05, 0) is 61.7 Å². The molecule has 0 aromatic carbocycles. The Hall–Kier alpha value is -0.0400. The molecule has 0 spiro atoms. The molecule has 0 heterocycles. The van der Waals surface area contributed by atoms with E-state index in [1.165, 1.54) is 57.8 Å². The zero-order valence-corrected chi connectivity index (χ0v) is 10.4. The summed E-state index contributed by atoms with van der Waals surface area (Å²) in [4.78, 5) is 0. The first-order valence-electron chi connectivity index (χ1n) is 7.51. The van der Waals surface area contributed by atoms with Gasteiger partial charge in [0.25, 0.3) is 0 Å². The van der Waals surface area contributed by atoms with Crippen LogP contribution in [0, 0.1) is 29.6 Å². The Morgan fingerprint density at radius 3 is 2.38 bits per heavy atom. The van der Waals surface area contributed by atoms with Crippen LogP contribution in [0.15, 0.2) is 0 Å². The highest BCUT2D eigenvalue weighted by Gasteiger charge is 2.44. The van der Waals surface area contributed by atoms with Gasteiger partial charge in [0.2, 0.25) is 0 Å². The molecular weight excluding hydrogens is 196 g/mol. The SMILES string of the molecule is OCC1CCCC2C1CCC1CCCCC12. The fourth-order valence-electron chi connectivity index (χ4n) is 5.17. The van der Waals surface area contributed by atoms with Crippen LogP contribution >= 0.6 is 0 Å². The van der Waals surface area contributed by atoms with Gasteiger partial charge in [0.1, 0.15) is 0 Å². The molecule has 1 N–H and O–H groups in total. The van der Waals surface area contributed by atoms with E-state index in [0.717, 1.165) is 23.7 Å². The summed E-state index contributed by atoms with van der Waals surface area (Å²) < 4.78 is 0. The third kappa shape index (κ3) is 1.81. The van der Waals surface area contributed by atoms with E-state index >= 15 is 0 Å². The van der Waals surface area contributed by atoms with Crippen LogP contribution in [0.25, 0.3) is 0 Å². The van der Waals surface area contributed by atoms with E-state index in [1.807, 2.05) is 0 Å². The first-order valence-corrected chi connectivity index (χ1v) is 7.51. The van der Waals surface area contributed by atoms with E-state index in [-0.39, 0.29) is 0 Å². The molecule has 0 saturated heterocycles. The van der Waals surface area contributed by atoms with Crippen LogP contribution in [0.3, 0.4) is 0 Å². The first-order chi connectivity index (χ1) is 7.90. The zero-order valence-electron chi connectivity index (χ0n) is 10.4. The molecule has 5 unspecified atom stereocenters. The molecule has 1 nitrogen and oxygen atoms in total. The molecule has 92 valence electrons. The van der Waals surface area contributed by atoms with Crippen molar-refractivity contribution in [3.8, 4) is 0 Å². The fourth-order valence-corrected chi connectivity index (χ4v) is 5.17. The Bertz CT molecular complexity index is 232. The molecule has 3 fully saturated rings. The Labute approximate surface area is 99.6 Å². The molecule has 3 saturated carbocycles. The molecule has 0 radical (unpaired) electrons. The summed E-state index contributed by atoms with van der Waals surface area (Å²) in [6.45, 7) is 0.457. The summed E-state index contributed by atoms with van der Waals surface area (Å²) in [6.07, 6.45) is 13.0. The fraction of sp³-hybridized carbons (Fsp3) is 1.00. The van der Waals surface area contributed by atoms with Gasteiger partial charge in [-0.1, -0.05) is 25.7 Å². The smallest absolute Gasteiger partial charge is 0.0462 e. The summed E-state index contributed by atoms with van der Waals surface area (Å²) in [5, 5.41) is 9.53. The number of hydrogen-bond donors (Lipinski definition) is 1. The Balaban J connectivity index is 1.75. The first kappa shape index (κ1) is 11.1. The molecule has 0 aromatic heterocycles. The largest absolute Gasteiger partial charge is 0.396 e. The van der Waals surface area contributed by atoms with Crippen molar-refractivity contribution in [2.45, 2.75) is 57.8 Å². The van der Waals surface area contributed by atoms with E-state index in [4.69, 9.17) is 0 Å². The van der Waals surface area contributed by atoms with Crippen LogP contribution in [-0.2, 0) is 0 Å². The predicted molar refractivity (Wildman–Crippen MR) is 66.1 cm³/mol. The lowest BCUT2D eigenvalue weighted by Crippen LogP contribution is -2.42. The minimum atomic E-state index is 0.457. The van der Waals surface area contributed by atoms with Gasteiger partial charge in [0, 0.05) is 6.61 Å². The van der Waals surface area contributed by atoms with Crippen molar-refractivity contribution in [1.29, 1.82) is 0 Å². The topological polar surface area (TPSA) is 20.2 Å². The van der Waals surface area contributed by atoms with Crippen LogP contribution in [-0.4, -0.2) is 11.7 Å². The molecule has 0 bridgehead atoms. The van der Waals surface area contributed by atoms with Crippen molar-refractivity contribution in [3.63, 3.8) is 0 Å². The van der Waals surface area contributed by atoms with Gasteiger partial charge >= 0.3 is 0 Å². The average Bonchev–Trinajstić information content (AvgIpc) is 2.37. The van der Waals surface area contributed by atoms with E-state index in [1.54, 1.807) is 0 Å². The van der Waals surface area contributed by atoms with E-state index < -0.39 is 0 Å². The number of aliphatic hydroxyl groups excluding tert-OH is 1. The van der Waals surface area contributed by atoms with Crippen molar-refractivity contribution in [1.82, 2.24) is 0 Å². The highest BCUT2D eigenvalue weighted by Crippen LogP contribution is 2.52. The highest BCUT2D eigenvalue weighted by atomic mass is 16.3. The van der Waals surface area contributed by atoms with Gasteiger partial charge in [-0.15, -0.1) is 0 Å². The van der Waals surface area contributed by atoms with Gasteiger partial charge < -0.3 is 5.11 Å². The number of hydrogen-bond acceptors (Lipinski definition) is 1. The highest BCUT2D eigenvalue weighted by molar-refractivity contribution is 4.94. The lowest BCUT2D eigenvalue weighted by molar-refractivity contribution is -0.0193. The molecule has 0 amide bonds. The van der Waals surface area contributed by atoms with E-state index in [2.05, 4.69) is 0 Å². The third-order valence-corrected chi connectivity index (χ3v) is 5.89. The van der Waals surface area contributed by atoms with Crippen molar-refractivity contribution in [3.05, 3.63) is 0 Å². The summed E-state index contributed by atoms with van der Waals surface area (Å²) in [7, 11) is 0. The minimum absolute atomic E-state index is 0.457. The van der Waals surface area contributed by atoms with E-state index in [9.17, 15) is 5.11 Å². The zero-order chi connectivity index (χ0) is 11.0. The molecule has 16 heavy (non-hydrogen) atoms. The van der Waals surface area contributed by atoms with Crippen LogP contribution in [0.2, 0.25) is 0 Å². The van der Waals surface area contributed by atoms with Gasteiger partial charge in [-0.25, -0.2) is 0 Å². The lowest BCUT2D eigenvalue weighted by Gasteiger charge is -2.50. The maximum absolute atomic E-state index is 9.53. The Morgan fingerprint density at radius 1 is 0.688 bits per heavy atom. The van der Waals surface area contributed by atoms with Crippen molar-refractivity contribution in [2.75, 3.05) is 6.61 Å². The summed E-state index contributed by atoms with van der Waals surface area (Å²) in [6, 6.07) is 0. The Kier molecular flexibility index (Phi) is 3.24. The maximum atomic E-state index is 9.53. The lowest BCUT2D eigenvalue weighted by atomic mass is 9.55. The van der Waals surface area contributed by atoms with Crippen LogP contribution in [0.5, 0.6) is 0 Å². The summed E-state index contributed by atoms with van der Waals surface area (Å²) in [5.41, 5.74) is 0. The normalized spacial score (nSPS) is 48.2. The second-order valence-corrected chi connectivity index (χ2v) is 6.49. The Morgan fingerprint density at radius 2 is 1.50 bits per heavy atom. The van der Waals surface area contributed by atoms with Crippen LogP contribution in [0.1, 0.15) is 57.8 Å². The van der Waals surface area contributed by atoms with Gasteiger partial charge in [0.15, 0.2) is 0 Å². The van der Waals surface area contributed by atoms with Gasteiger partial charge in [-0.3, -0.25) is 0 Å². The quantitative estimate of drug-likeness (QED) is 0.718. The van der Waals surface area contributed by atoms with Gasteiger partial charge in [0.05, 0.1) is 0 Å². The average molecular weight is 222 g/mol. The molecule has 5 atom stereocenters. The van der Waals surface area contributed by atoms with Crippen molar-refractivity contribution in [2.24, 2.45) is 29.6 Å². The number of rotatable bonds is 1. The standard InChI is InChI=1S/C15H26O/c16-10-12-5-3-7-15-13-6-2-1-4-11(13)8-9-14(12)15/h11-16H,1-10H2. The molecular formula is C15H26O. The monoisotopic (exact) mass is 222 g/mol.